The lowest BCUT2D eigenvalue weighted by atomic mass is 10.0. The Labute approximate surface area is 164 Å². The molecule has 0 radical (unpaired) electrons. The number of hydrogen-bond acceptors (Lipinski definition) is 8. The third-order valence-corrected chi connectivity index (χ3v) is 6.03. The maximum Gasteiger partial charge on any atom is 0.253 e. The molecular weight excluding hydrogens is 382 g/mol. The topological polar surface area (TPSA) is 97.6 Å². The summed E-state index contributed by atoms with van der Waals surface area (Å²) in [7, 11) is 0. The summed E-state index contributed by atoms with van der Waals surface area (Å²) in [5.41, 5.74) is 8.65. The Balaban J connectivity index is 1.55. The zero-order valence-corrected chi connectivity index (χ0v) is 16.2. The fraction of sp³-hybridized carbons (Fsp3) is 0.222. The van der Waals surface area contributed by atoms with E-state index in [9.17, 15) is 4.79 Å². The summed E-state index contributed by atoms with van der Waals surface area (Å²) in [6, 6.07) is 11.6. The molecule has 0 bridgehead atoms. The van der Waals surface area contributed by atoms with E-state index in [0.29, 0.717) is 15.9 Å². The number of furan rings is 1. The van der Waals surface area contributed by atoms with Crippen LogP contribution in [0, 0.1) is 6.92 Å². The Morgan fingerprint density at radius 3 is 2.81 bits per heavy atom. The highest BCUT2D eigenvalue weighted by molar-refractivity contribution is 8.01. The van der Waals surface area contributed by atoms with E-state index < -0.39 is 0 Å². The van der Waals surface area contributed by atoms with Crippen LogP contribution in [0.25, 0.3) is 0 Å². The molecule has 0 saturated carbocycles. The molecule has 0 unspecified atom stereocenters. The van der Waals surface area contributed by atoms with Crippen LogP contribution in [0.2, 0.25) is 0 Å². The number of amides is 1. The summed E-state index contributed by atoms with van der Waals surface area (Å²) in [4.78, 5) is 12.8. The summed E-state index contributed by atoms with van der Waals surface area (Å²) in [6.45, 7) is 2.04. The first-order valence-corrected chi connectivity index (χ1v) is 10.1. The molecule has 0 aliphatic carbocycles. The number of nitrogen functional groups attached to an aromatic ring is 1. The largest absolute Gasteiger partial charge is 0.467 e. The van der Waals surface area contributed by atoms with Crippen molar-refractivity contribution in [2.75, 3.05) is 11.5 Å². The van der Waals surface area contributed by atoms with Crippen LogP contribution >= 0.6 is 23.1 Å². The molecule has 138 valence electrons. The van der Waals surface area contributed by atoms with E-state index in [2.05, 4.69) is 15.3 Å². The van der Waals surface area contributed by atoms with E-state index >= 15 is 0 Å². The van der Waals surface area contributed by atoms with Gasteiger partial charge < -0.3 is 10.2 Å². The summed E-state index contributed by atoms with van der Waals surface area (Å²) < 4.78 is 6.22. The van der Waals surface area contributed by atoms with Gasteiger partial charge in [-0.05, 0) is 24.6 Å². The fourth-order valence-corrected chi connectivity index (χ4v) is 4.32. The Morgan fingerprint density at radius 1 is 1.33 bits per heavy atom. The molecule has 0 fully saturated rings. The van der Waals surface area contributed by atoms with Gasteiger partial charge >= 0.3 is 0 Å². The number of thioether (sulfide) groups is 1. The predicted octanol–water partition coefficient (Wildman–Crippen LogP) is 3.49. The molecule has 1 aromatic carbocycles. The molecule has 7 nitrogen and oxygen atoms in total. The maximum atomic E-state index is 12.8. The third kappa shape index (κ3) is 3.88. The average molecular weight is 400 g/mol. The van der Waals surface area contributed by atoms with Crippen molar-refractivity contribution in [1.82, 2.24) is 15.2 Å². The second kappa shape index (κ2) is 7.53. The number of aryl methyl sites for hydroxylation is 1. The van der Waals surface area contributed by atoms with Gasteiger partial charge in [0.15, 0.2) is 4.34 Å². The Morgan fingerprint density at radius 2 is 2.15 bits per heavy atom. The van der Waals surface area contributed by atoms with Crippen LogP contribution in [0.1, 0.15) is 29.3 Å². The molecule has 1 atom stereocenters. The molecule has 1 aliphatic rings. The van der Waals surface area contributed by atoms with Gasteiger partial charge in [-0.25, -0.2) is 5.01 Å². The standard InChI is InChI=1S/C18H17N5O2S2/c1-11-4-6-12(7-5-11)13-9-14(15-3-2-8-25-15)23(22-13)16(24)10-26-18-21-20-17(19)27-18/h2-8,14H,9-10H2,1H3,(H2,19,20)/t14-/m1/s1. The molecule has 2 N–H and O–H groups in total. The zero-order chi connectivity index (χ0) is 18.8. The summed E-state index contributed by atoms with van der Waals surface area (Å²) >= 11 is 2.57. The molecule has 3 aromatic rings. The quantitative estimate of drug-likeness (QED) is 0.660. The SMILES string of the molecule is Cc1ccc(C2=NN(C(=O)CSc3nnc(N)s3)[C@@H](c3ccco3)C2)cc1. The molecule has 2 aromatic heterocycles. The van der Waals surface area contributed by atoms with Crippen molar-refractivity contribution in [2.45, 2.75) is 23.7 Å². The number of rotatable bonds is 5. The van der Waals surface area contributed by atoms with Crippen LogP contribution < -0.4 is 5.73 Å². The number of benzene rings is 1. The minimum atomic E-state index is -0.246. The first-order valence-electron chi connectivity index (χ1n) is 8.32. The molecule has 4 rings (SSSR count). The number of hydrogen-bond donors (Lipinski definition) is 1. The highest BCUT2D eigenvalue weighted by atomic mass is 32.2. The molecule has 1 amide bonds. The van der Waals surface area contributed by atoms with Gasteiger partial charge in [0.05, 0.1) is 17.7 Å². The summed E-state index contributed by atoms with van der Waals surface area (Å²) in [5, 5.41) is 14.2. The normalized spacial score (nSPS) is 16.6. The summed E-state index contributed by atoms with van der Waals surface area (Å²) in [5.74, 6) is 0.813. The van der Waals surface area contributed by atoms with Crippen molar-refractivity contribution in [3.05, 3.63) is 59.5 Å². The van der Waals surface area contributed by atoms with E-state index in [0.717, 1.165) is 17.0 Å². The van der Waals surface area contributed by atoms with E-state index in [4.69, 9.17) is 10.2 Å². The van der Waals surface area contributed by atoms with Gasteiger partial charge in [0, 0.05) is 6.42 Å². The van der Waals surface area contributed by atoms with Crippen LogP contribution in [0.15, 0.2) is 56.5 Å². The molecular formula is C18H17N5O2S2. The summed E-state index contributed by atoms with van der Waals surface area (Å²) in [6.07, 6.45) is 2.22. The monoisotopic (exact) mass is 399 g/mol. The van der Waals surface area contributed by atoms with Gasteiger partial charge in [-0.1, -0.05) is 52.9 Å². The highest BCUT2D eigenvalue weighted by Crippen LogP contribution is 2.34. The number of carbonyl (C=O) groups excluding carboxylic acids is 1. The number of anilines is 1. The van der Waals surface area contributed by atoms with Gasteiger partial charge in [-0.15, -0.1) is 10.2 Å². The van der Waals surface area contributed by atoms with Crippen molar-refractivity contribution in [2.24, 2.45) is 5.10 Å². The second-order valence-corrected chi connectivity index (χ2v) is 8.31. The molecule has 1 aliphatic heterocycles. The number of hydrazone groups is 1. The van der Waals surface area contributed by atoms with Gasteiger partial charge in [0.2, 0.25) is 5.13 Å². The van der Waals surface area contributed by atoms with E-state index in [1.807, 2.05) is 43.3 Å². The third-order valence-electron chi connectivity index (χ3n) is 4.16. The Bertz CT molecular complexity index is 966. The van der Waals surface area contributed by atoms with Crippen molar-refractivity contribution in [3.63, 3.8) is 0 Å². The fourth-order valence-electron chi connectivity index (χ4n) is 2.83. The van der Waals surface area contributed by atoms with Gasteiger partial charge in [0.25, 0.3) is 5.91 Å². The minimum Gasteiger partial charge on any atom is -0.467 e. The van der Waals surface area contributed by atoms with E-state index in [-0.39, 0.29) is 17.7 Å². The van der Waals surface area contributed by atoms with Gasteiger partial charge in [-0.3, -0.25) is 4.79 Å². The first kappa shape index (κ1) is 17.7. The predicted molar refractivity (Wildman–Crippen MR) is 106 cm³/mol. The number of nitrogens with zero attached hydrogens (tertiary/aromatic N) is 4. The molecule has 0 saturated heterocycles. The van der Waals surface area contributed by atoms with Crippen LogP contribution in [-0.2, 0) is 4.79 Å². The number of carbonyl (C=O) groups is 1. The van der Waals surface area contributed by atoms with Crippen LogP contribution in [0.3, 0.4) is 0 Å². The second-order valence-electron chi connectivity index (χ2n) is 6.08. The van der Waals surface area contributed by atoms with Crippen LogP contribution in [-0.4, -0.2) is 32.6 Å². The first-order chi connectivity index (χ1) is 13.1. The minimum absolute atomic E-state index is 0.114. The lowest BCUT2D eigenvalue weighted by molar-refractivity contribution is -0.130. The Kier molecular flexibility index (Phi) is 4.95. The highest BCUT2D eigenvalue weighted by Gasteiger charge is 2.34. The molecule has 0 spiro atoms. The average Bonchev–Trinajstić information content (AvgIpc) is 3.40. The smallest absolute Gasteiger partial charge is 0.253 e. The van der Waals surface area contributed by atoms with Crippen molar-refractivity contribution in [1.29, 1.82) is 0 Å². The zero-order valence-electron chi connectivity index (χ0n) is 14.5. The maximum absolute atomic E-state index is 12.8. The van der Waals surface area contributed by atoms with Gasteiger partial charge in [0.1, 0.15) is 11.8 Å². The Hall–Kier alpha value is -2.65. The molecule has 3 heterocycles. The number of aromatic nitrogens is 2. The van der Waals surface area contributed by atoms with Crippen molar-refractivity contribution in [3.8, 4) is 0 Å². The molecule has 27 heavy (non-hydrogen) atoms. The van der Waals surface area contributed by atoms with Crippen molar-refractivity contribution >= 4 is 39.8 Å². The lowest BCUT2D eigenvalue weighted by Crippen LogP contribution is -2.28. The van der Waals surface area contributed by atoms with Crippen molar-refractivity contribution < 1.29 is 9.21 Å². The lowest BCUT2D eigenvalue weighted by Gasteiger charge is -2.19. The number of nitrogens with two attached hydrogens (primary N) is 1. The molecule has 9 heteroatoms. The van der Waals surface area contributed by atoms with E-state index in [1.54, 1.807) is 6.26 Å². The van der Waals surface area contributed by atoms with Crippen LogP contribution in [0.4, 0.5) is 5.13 Å². The van der Waals surface area contributed by atoms with Gasteiger partial charge in [-0.2, -0.15) is 5.10 Å². The van der Waals surface area contributed by atoms with Crippen LogP contribution in [0.5, 0.6) is 0 Å². The van der Waals surface area contributed by atoms with E-state index in [1.165, 1.54) is 33.7 Å².